The fourth-order valence-electron chi connectivity index (χ4n) is 2.32. The Hall–Kier alpha value is -2.54. The molecule has 2 heterocycles. The molecule has 1 aromatic carbocycles. The third-order valence-electron chi connectivity index (χ3n) is 3.79. The van der Waals surface area contributed by atoms with E-state index in [2.05, 4.69) is 10.5 Å². The molecule has 7 nitrogen and oxygen atoms in total. The number of hydrogen-bond donors (Lipinski definition) is 1. The Morgan fingerprint density at radius 3 is 2.87 bits per heavy atom. The summed E-state index contributed by atoms with van der Waals surface area (Å²) in [6.07, 6.45) is 0. The first-order chi connectivity index (χ1) is 11.0. The summed E-state index contributed by atoms with van der Waals surface area (Å²) in [4.78, 5) is 14.2. The number of likely N-dealkylation sites (N-methyl/N-ethyl adjacent to an activating group) is 1. The first kappa shape index (κ1) is 15.4. The van der Waals surface area contributed by atoms with Crippen molar-refractivity contribution in [3.05, 3.63) is 35.6 Å². The molecule has 0 saturated carbocycles. The van der Waals surface area contributed by atoms with Gasteiger partial charge in [0.2, 0.25) is 12.7 Å². The van der Waals surface area contributed by atoms with Gasteiger partial charge in [-0.25, -0.2) is 0 Å². The molecular formula is C16H19N3O4. The van der Waals surface area contributed by atoms with Crippen LogP contribution in [0, 0.1) is 6.92 Å². The Balaban J connectivity index is 1.60. The summed E-state index contributed by atoms with van der Waals surface area (Å²) in [5, 5.41) is 6.51. The van der Waals surface area contributed by atoms with Gasteiger partial charge in [0.25, 0.3) is 0 Å². The van der Waals surface area contributed by atoms with Crippen molar-refractivity contribution in [1.29, 1.82) is 0 Å². The molecule has 0 bridgehead atoms. The van der Waals surface area contributed by atoms with Crippen molar-refractivity contribution in [3.8, 4) is 11.5 Å². The maximum absolute atomic E-state index is 12.3. The number of carbonyl (C=O) groups is 1. The smallest absolute Gasteiger partial charge is 0.242 e. The van der Waals surface area contributed by atoms with E-state index >= 15 is 0 Å². The second kappa shape index (κ2) is 6.29. The largest absolute Gasteiger partial charge is 0.454 e. The van der Waals surface area contributed by atoms with E-state index < -0.39 is 0 Å². The molecule has 122 valence electrons. The van der Waals surface area contributed by atoms with Crippen LogP contribution < -0.4 is 14.8 Å². The number of hydrogen-bond acceptors (Lipinski definition) is 6. The van der Waals surface area contributed by atoms with Crippen LogP contribution in [0.25, 0.3) is 0 Å². The number of aryl methyl sites for hydroxylation is 1. The molecule has 1 amide bonds. The third kappa shape index (κ3) is 3.45. The second-order valence-corrected chi connectivity index (χ2v) is 5.59. The van der Waals surface area contributed by atoms with Crippen molar-refractivity contribution in [2.45, 2.75) is 26.4 Å². The van der Waals surface area contributed by atoms with Crippen LogP contribution in [0.15, 0.2) is 28.8 Å². The third-order valence-corrected chi connectivity index (χ3v) is 3.79. The van der Waals surface area contributed by atoms with Crippen LogP contribution >= 0.6 is 0 Å². The van der Waals surface area contributed by atoms with Crippen LogP contribution in [0.1, 0.15) is 18.2 Å². The molecule has 1 atom stereocenters. The zero-order valence-electron chi connectivity index (χ0n) is 13.3. The van der Waals surface area contributed by atoms with Gasteiger partial charge in [-0.05, 0) is 38.6 Å². The number of nitrogens with zero attached hydrogens (tertiary/aromatic N) is 2. The van der Waals surface area contributed by atoms with Crippen LogP contribution in [0.2, 0.25) is 0 Å². The Bertz CT molecular complexity index is 713. The van der Waals surface area contributed by atoms with E-state index in [1.165, 1.54) is 0 Å². The summed E-state index contributed by atoms with van der Waals surface area (Å²) in [6, 6.07) is 7.15. The topological polar surface area (TPSA) is 76.8 Å². The number of rotatable bonds is 5. The molecule has 1 aliphatic rings. The van der Waals surface area contributed by atoms with Crippen molar-refractivity contribution in [3.63, 3.8) is 0 Å². The predicted octanol–water partition coefficient (Wildman–Crippen LogP) is 2.17. The quantitative estimate of drug-likeness (QED) is 0.911. The molecule has 23 heavy (non-hydrogen) atoms. The fraction of sp³-hybridized carbons (Fsp3) is 0.375. The molecule has 3 rings (SSSR count). The average Bonchev–Trinajstić information content (AvgIpc) is 3.14. The molecule has 1 aromatic heterocycles. The predicted molar refractivity (Wildman–Crippen MR) is 83.4 cm³/mol. The highest BCUT2D eigenvalue weighted by Gasteiger charge is 2.20. The van der Waals surface area contributed by atoms with E-state index in [1.54, 1.807) is 13.0 Å². The lowest BCUT2D eigenvalue weighted by Gasteiger charge is -2.23. The number of aromatic nitrogens is 1. The molecule has 0 aliphatic carbocycles. The highest BCUT2D eigenvalue weighted by molar-refractivity contribution is 5.93. The fourth-order valence-corrected chi connectivity index (χ4v) is 2.32. The first-order valence-electron chi connectivity index (χ1n) is 7.36. The van der Waals surface area contributed by atoms with E-state index in [1.807, 2.05) is 37.1 Å². The van der Waals surface area contributed by atoms with Gasteiger partial charge in [0.05, 0.1) is 6.04 Å². The van der Waals surface area contributed by atoms with Crippen LogP contribution in [-0.2, 0) is 11.3 Å². The Morgan fingerprint density at radius 2 is 2.13 bits per heavy atom. The Labute approximate surface area is 134 Å². The van der Waals surface area contributed by atoms with Gasteiger partial charge in [0, 0.05) is 12.6 Å². The van der Waals surface area contributed by atoms with E-state index in [0.29, 0.717) is 18.1 Å². The van der Waals surface area contributed by atoms with Crippen molar-refractivity contribution < 1.29 is 18.8 Å². The molecule has 0 saturated heterocycles. The van der Waals surface area contributed by atoms with Gasteiger partial charge in [-0.3, -0.25) is 9.69 Å². The average molecular weight is 317 g/mol. The van der Waals surface area contributed by atoms with Crippen molar-refractivity contribution in [2.24, 2.45) is 0 Å². The van der Waals surface area contributed by atoms with Gasteiger partial charge >= 0.3 is 0 Å². The molecule has 1 aliphatic heterocycles. The van der Waals surface area contributed by atoms with Gasteiger partial charge in [0.1, 0.15) is 5.76 Å². The summed E-state index contributed by atoms with van der Waals surface area (Å²) in [5.41, 5.74) is 1.05. The summed E-state index contributed by atoms with van der Waals surface area (Å²) < 4.78 is 15.6. The van der Waals surface area contributed by atoms with Crippen LogP contribution in [0.5, 0.6) is 11.5 Å². The Kier molecular flexibility index (Phi) is 4.20. The monoisotopic (exact) mass is 317 g/mol. The first-order valence-corrected chi connectivity index (χ1v) is 7.36. The maximum atomic E-state index is 12.3. The van der Waals surface area contributed by atoms with E-state index in [-0.39, 0.29) is 18.7 Å². The normalized spacial score (nSPS) is 14.1. The molecule has 7 heteroatoms. The number of amides is 1. The number of ether oxygens (including phenoxy) is 2. The molecule has 2 aromatic rings. The lowest BCUT2D eigenvalue weighted by atomic mass is 10.1. The standard InChI is InChI=1S/C16H19N3O4/c1-10-6-15(18-23-10)17-16(20)11(2)19(3)8-12-4-5-13-14(7-12)22-9-21-13/h4-7,11H,8-9H2,1-3H3,(H,17,18,20). The number of fused-ring (bicyclic) bond motifs is 1. The van der Waals surface area contributed by atoms with Crippen molar-refractivity contribution in [1.82, 2.24) is 10.1 Å². The van der Waals surface area contributed by atoms with Gasteiger partial charge in [-0.1, -0.05) is 11.2 Å². The van der Waals surface area contributed by atoms with Crippen molar-refractivity contribution in [2.75, 3.05) is 19.2 Å². The minimum Gasteiger partial charge on any atom is -0.454 e. The molecule has 0 radical (unpaired) electrons. The maximum Gasteiger partial charge on any atom is 0.242 e. The highest BCUT2D eigenvalue weighted by atomic mass is 16.7. The van der Waals surface area contributed by atoms with Gasteiger partial charge in [-0.2, -0.15) is 0 Å². The van der Waals surface area contributed by atoms with E-state index in [0.717, 1.165) is 17.1 Å². The number of anilines is 1. The summed E-state index contributed by atoms with van der Waals surface area (Å²) in [5.74, 6) is 2.44. The van der Waals surface area contributed by atoms with Crippen molar-refractivity contribution >= 4 is 11.7 Å². The lowest BCUT2D eigenvalue weighted by molar-refractivity contribution is -0.120. The SMILES string of the molecule is Cc1cc(NC(=O)C(C)N(C)Cc2ccc3c(c2)OCO3)no1. The van der Waals surface area contributed by atoms with E-state index in [9.17, 15) is 4.79 Å². The molecule has 0 spiro atoms. The Morgan fingerprint density at radius 1 is 1.35 bits per heavy atom. The number of benzene rings is 1. The van der Waals surface area contributed by atoms with Crippen LogP contribution in [0.3, 0.4) is 0 Å². The summed E-state index contributed by atoms with van der Waals surface area (Å²) >= 11 is 0. The molecule has 0 fully saturated rings. The lowest BCUT2D eigenvalue weighted by Crippen LogP contribution is -2.39. The minimum absolute atomic E-state index is 0.137. The van der Waals surface area contributed by atoms with Gasteiger partial charge in [0.15, 0.2) is 17.3 Å². The number of nitrogens with one attached hydrogen (secondary N) is 1. The van der Waals surface area contributed by atoms with Gasteiger partial charge in [-0.15, -0.1) is 0 Å². The molecular weight excluding hydrogens is 298 g/mol. The number of carbonyl (C=O) groups excluding carboxylic acids is 1. The molecule has 1 N–H and O–H groups in total. The van der Waals surface area contributed by atoms with E-state index in [4.69, 9.17) is 14.0 Å². The summed E-state index contributed by atoms with van der Waals surface area (Å²) in [7, 11) is 1.89. The minimum atomic E-state index is -0.322. The van der Waals surface area contributed by atoms with Gasteiger partial charge < -0.3 is 19.3 Å². The van der Waals surface area contributed by atoms with Crippen LogP contribution in [0.4, 0.5) is 5.82 Å². The second-order valence-electron chi connectivity index (χ2n) is 5.59. The highest BCUT2D eigenvalue weighted by Crippen LogP contribution is 2.32. The zero-order chi connectivity index (χ0) is 16.4. The molecule has 1 unspecified atom stereocenters. The summed E-state index contributed by atoms with van der Waals surface area (Å²) in [6.45, 7) is 4.49. The van der Waals surface area contributed by atoms with Crippen LogP contribution in [-0.4, -0.2) is 35.8 Å². The zero-order valence-corrected chi connectivity index (χ0v) is 13.3.